The van der Waals surface area contributed by atoms with Gasteiger partial charge in [-0.25, -0.2) is 0 Å². The molecule has 0 aliphatic carbocycles. The van der Waals surface area contributed by atoms with E-state index in [1.54, 1.807) is 0 Å². The molecular weight excluding hydrogens is 518 g/mol. The number of hydrogen-bond donors (Lipinski definition) is 1. The number of amides is 2. The van der Waals surface area contributed by atoms with E-state index in [4.69, 9.17) is 20.9 Å². The van der Waals surface area contributed by atoms with Crippen LogP contribution in [0.2, 0.25) is 5.02 Å². The second kappa shape index (κ2) is 11.6. The zero-order valence-corrected chi connectivity index (χ0v) is 23.4. The number of hydrogen-bond acceptors (Lipinski definition) is 6. The number of ether oxygens (including phenoxy) is 1. The Labute approximate surface area is 233 Å². The fraction of sp³-hybridized carbons (Fsp3) is 0.500. The Hall–Kier alpha value is -3.10. The summed E-state index contributed by atoms with van der Waals surface area (Å²) in [6.45, 7) is 6.35. The fourth-order valence-electron chi connectivity index (χ4n) is 5.83. The van der Waals surface area contributed by atoms with Crippen LogP contribution in [0.3, 0.4) is 0 Å². The number of fused-ring (bicyclic) bond motifs is 1. The molecule has 2 fully saturated rings. The van der Waals surface area contributed by atoms with Gasteiger partial charge in [-0.1, -0.05) is 28.9 Å². The average molecular weight is 554 g/mol. The van der Waals surface area contributed by atoms with E-state index in [-0.39, 0.29) is 30.8 Å². The summed E-state index contributed by atoms with van der Waals surface area (Å²) in [6.07, 6.45) is 2.81. The molecule has 5 rings (SSSR count). The summed E-state index contributed by atoms with van der Waals surface area (Å²) >= 11 is 6.36. The lowest BCUT2D eigenvalue weighted by Gasteiger charge is -2.43. The molecule has 1 aromatic heterocycles. The number of aliphatic hydroxyl groups is 1. The molecule has 2 aromatic carbocycles. The van der Waals surface area contributed by atoms with E-state index in [1.165, 1.54) is 0 Å². The third-order valence-electron chi connectivity index (χ3n) is 8.08. The Morgan fingerprint density at radius 1 is 1.10 bits per heavy atom. The fourth-order valence-corrected chi connectivity index (χ4v) is 5.94. The third kappa shape index (κ3) is 6.23. The number of carbonyl (C=O) groups is 2. The highest BCUT2D eigenvalue weighted by Crippen LogP contribution is 2.37. The maximum absolute atomic E-state index is 13.5. The van der Waals surface area contributed by atoms with Crippen LogP contribution in [-0.2, 0) is 16.0 Å². The zero-order chi connectivity index (χ0) is 27.6. The highest BCUT2D eigenvalue weighted by atomic mass is 35.5. The molecule has 8 nitrogen and oxygen atoms in total. The number of aromatic nitrogens is 1. The maximum Gasteiger partial charge on any atom is 0.228 e. The molecule has 0 saturated carbocycles. The van der Waals surface area contributed by atoms with E-state index in [0.717, 1.165) is 29.4 Å². The van der Waals surface area contributed by atoms with Crippen molar-refractivity contribution < 1.29 is 24.0 Å². The second-order valence-electron chi connectivity index (χ2n) is 11.2. The molecule has 39 heavy (non-hydrogen) atoms. The molecule has 1 atom stereocenters. The van der Waals surface area contributed by atoms with Crippen LogP contribution < -0.4 is 4.74 Å². The molecule has 1 N–H and O–H groups in total. The van der Waals surface area contributed by atoms with E-state index in [2.05, 4.69) is 5.16 Å². The minimum Gasteiger partial charge on any atom is -0.493 e. The van der Waals surface area contributed by atoms with Crippen molar-refractivity contribution in [1.82, 2.24) is 15.0 Å². The first-order chi connectivity index (χ1) is 18.7. The number of aryl methyl sites for hydroxylation is 2. The molecule has 0 bridgehead atoms. The Morgan fingerprint density at radius 3 is 2.56 bits per heavy atom. The summed E-state index contributed by atoms with van der Waals surface area (Å²) in [5, 5.41) is 15.6. The van der Waals surface area contributed by atoms with Crippen LogP contribution in [0.5, 0.6) is 5.75 Å². The lowest BCUT2D eigenvalue weighted by atomic mass is 9.77. The quantitative estimate of drug-likeness (QED) is 0.455. The van der Waals surface area contributed by atoms with E-state index < -0.39 is 5.41 Å². The van der Waals surface area contributed by atoms with Crippen molar-refractivity contribution in [2.75, 3.05) is 32.8 Å². The lowest BCUT2D eigenvalue weighted by molar-refractivity contribution is -0.142. The van der Waals surface area contributed by atoms with Gasteiger partial charge < -0.3 is 24.2 Å². The molecule has 3 heterocycles. The van der Waals surface area contributed by atoms with E-state index in [0.29, 0.717) is 67.7 Å². The van der Waals surface area contributed by atoms with Gasteiger partial charge in [0.05, 0.1) is 19.1 Å². The number of benzene rings is 2. The number of aliphatic hydroxyl groups excluding tert-OH is 1. The summed E-state index contributed by atoms with van der Waals surface area (Å²) < 4.78 is 11.7. The zero-order valence-electron chi connectivity index (χ0n) is 22.6. The van der Waals surface area contributed by atoms with Crippen LogP contribution in [-0.4, -0.2) is 70.8 Å². The molecule has 208 valence electrons. The standard InChI is InChI=1S/C30H36ClN3O5/c1-20-14-23(15-21(2)29(20)31)38-19-30(17-28(37)33-12-8-22(35)9-13-33)10-5-11-34(18-30)27(36)16-25-24-6-3-4-7-26(24)39-32-25/h3-4,6-7,14-15,22,35H,5,8-13,16-19H2,1-2H3/t30-/m0/s1. The molecular formula is C30H36ClN3O5. The van der Waals surface area contributed by atoms with Crippen LogP contribution in [0.4, 0.5) is 0 Å². The predicted molar refractivity (Wildman–Crippen MR) is 149 cm³/mol. The largest absolute Gasteiger partial charge is 0.493 e. The summed E-state index contributed by atoms with van der Waals surface area (Å²) in [5.74, 6) is 0.718. The first-order valence-corrected chi connectivity index (χ1v) is 14.1. The number of rotatable bonds is 7. The SMILES string of the molecule is Cc1cc(OC[C@]2(CC(=O)N3CCC(O)CC3)CCCN(C(=O)Cc3noc4ccccc34)C2)cc(C)c1Cl. The highest BCUT2D eigenvalue weighted by molar-refractivity contribution is 6.32. The first kappa shape index (κ1) is 27.5. The van der Waals surface area contributed by atoms with Crippen LogP contribution in [0.15, 0.2) is 40.9 Å². The molecule has 9 heteroatoms. The normalized spacial score (nSPS) is 20.4. The summed E-state index contributed by atoms with van der Waals surface area (Å²) in [4.78, 5) is 30.6. The minimum atomic E-state index is -0.533. The van der Waals surface area contributed by atoms with Crippen molar-refractivity contribution in [3.8, 4) is 5.75 Å². The van der Waals surface area contributed by atoms with Gasteiger partial charge in [0.15, 0.2) is 5.58 Å². The number of halogens is 1. The lowest BCUT2D eigenvalue weighted by Crippen LogP contribution is -2.52. The minimum absolute atomic E-state index is 0.0372. The van der Waals surface area contributed by atoms with Crippen molar-refractivity contribution >= 4 is 34.4 Å². The molecule has 0 unspecified atom stereocenters. The summed E-state index contributed by atoms with van der Waals surface area (Å²) in [5.41, 5.74) is 2.62. The van der Waals surface area contributed by atoms with Crippen molar-refractivity contribution in [1.29, 1.82) is 0 Å². The smallest absolute Gasteiger partial charge is 0.228 e. The van der Waals surface area contributed by atoms with Gasteiger partial charge in [-0.3, -0.25) is 9.59 Å². The molecule has 2 saturated heterocycles. The number of carbonyl (C=O) groups excluding carboxylic acids is 2. The molecule has 2 aliphatic rings. The van der Waals surface area contributed by atoms with E-state index in [1.807, 2.05) is 60.0 Å². The number of likely N-dealkylation sites (tertiary alicyclic amines) is 2. The van der Waals surface area contributed by atoms with Crippen LogP contribution in [0, 0.1) is 19.3 Å². The Bertz CT molecular complexity index is 1330. The van der Waals surface area contributed by atoms with Crippen LogP contribution in [0.25, 0.3) is 11.0 Å². The van der Waals surface area contributed by atoms with Gasteiger partial charge >= 0.3 is 0 Å². The Morgan fingerprint density at radius 2 is 1.82 bits per heavy atom. The molecule has 0 radical (unpaired) electrons. The second-order valence-corrected chi connectivity index (χ2v) is 11.5. The highest BCUT2D eigenvalue weighted by Gasteiger charge is 2.41. The predicted octanol–water partition coefficient (Wildman–Crippen LogP) is 4.70. The monoisotopic (exact) mass is 553 g/mol. The van der Waals surface area contributed by atoms with E-state index in [9.17, 15) is 14.7 Å². The van der Waals surface area contributed by atoms with Gasteiger partial charge in [0.2, 0.25) is 11.8 Å². The van der Waals surface area contributed by atoms with Gasteiger partial charge in [0.25, 0.3) is 0 Å². The van der Waals surface area contributed by atoms with Crippen molar-refractivity contribution in [2.45, 2.75) is 58.5 Å². The average Bonchev–Trinajstić information content (AvgIpc) is 3.33. The Kier molecular flexibility index (Phi) is 8.14. The summed E-state index contributed by atoms with van der Waals surface area (Å²) in [7, 11) is 0. The van der Waals surface area contributed by atoms with Gasteiger partial charge in [-0.2, -0.15) is 0 Å². The molecule has 3 aromatic rings. The maximum atomic E-state index is 13.5. The summed E-state index contributed by atoms with van der Waals surface area (Å²) in [6, 6.07) is 11.4. The molecule has 0 spiro atoms. The van der Waals surface area contributed by atoms with E-state index >= 15 is 0 Å². The van der Waals surface area contributed by atoms with Crippen molar-refractivity contribution in [2.24, 2.45) is 5.41 Å². The first-order valence-electron chi connectivity index (χ1n) is 13.7. The van der Waals surface area contributed by atoms with Crippen molar-refractivity contribution in [3.05, 3.63) is 58.2 Å². The van der Waals surface area contributed by atoms with Gasteiger partial charge in [0, 0.05) is 48.4 Å². The number of nitrogens with zero attached hydrogens (tertiary/aromatic N) is 3. The van der Waals surface area contributed by atoms with Crippen LogP contribution >= 0.6 is 11.6 Å². The van der Waals surface area contributed by atoms with Gasteiger partial charge in [-0.05, 0) is 74.9 Å². The van der Waals surface area contributed by atoms with Gasteiger partial charge in [0.1, 0.15) is 11.4 Å². The number of piperidine rings is 2. The van der Waals surface area contributed by atoms with Crippen LogP contribution in [0.1, 0.15) is 48.9 Å². The number of para-hydroxylation sites is 1. The molecule has 2 amide bonds. The topological polar surface area (TPSA) is 96.1 Å². The molecule has 2 aliphatic heterocycles. The van der Waals surface area contributed by atoms with Gasteiger partial charge in [-0.15, -0.1) is 0 Å². The Balaban J connectivity index is 1.34. The third-order valence-corrected chi connectivity index (χ3v) is 8.68. The van der Waals surface area contributed by atoms with Crippen molar-refractivity contribution in [3.63, 3.8) is 0 Å².